The molecule has 1 aromatic rings. The molecular formula is C10H13ClN2O4. The molecule has 0 radical (unpaired) electrons. The van der Waals surface area contributed by atoms with Crippen molar-refractivity contribution < 1.29 is 20.1 Å². The number of nitrogens with zero attached hydrogens (tertiary/aromatic N) is 2. The lowest BCUT2D eigenvalue weighted by Gasteiger charge is -2.22. The molecule has 0 atom stereocenters. The Hall–Kier alpha value is -1.37. The average Bonchev–Trinajstić information content (AvgIpc) is 2.28. The van der Waals surface area contributed by atoms with Crippen LogP contribution in [0, 0.1) is 0 Å². The van der Waals surface area contributed by atoms with Crippen LogP contribution in [-0.4, -0.2) is 52.6 Å². The van der Waals surface area contributed by atoms with E-state index in [0.717, 1.165) is 0 Å². The van der Waals surface area contributed by atoms with E-state index in [1.807, 2.05) is 0 Å². The van der Waals surface area contributed by atoms with E-state index in [-0.39, 0.29) is 37.0 Å². The van der Waals surface area contributed by atoms with E-state index < -0.39 is 5.97 Å². The summed E-state index contributed by atoms with van der Waals surface area (Å²) in [4.78, 5) is 16.4. The maximum atomic E-state index is 10.8. The Balaban J connectivity index is 3.04. The summed E-state index contributed by atoms with van der Waals surface area (Å²) in [5.74, 6) is -0.790. The van der Waals surface area contributed by atoms with Gasteiger partial charge in [0.1, 0.15) is 11.0 Å². The maximum absolute atomic E-state index is 10.8. The molecule has 0 fully saturated rings. The second-order valence-corrected chi connectivity index (χ2v) is 3.66. The van der Waals surface area contributed by atoms with Crippen molar-refractivity contribution in [2.75, 3.05) is 31.2 Å². The Morgan fingerprint density at radius 3 is 2.35 bits per heavy atom. The average molecular weight is 261 g/mol. The Kier molecular flexibility index (Phi) is 5.14. The van der Waals surface area contributed by atoms with Gasteiger partial charge in [-0.25, -0.2) is 9.78 Å². The number of rotatable bonds is 6. The first-order valence-electron chi connectivity index (χ1n) is 4.96. The number of carboxylic acid groups (broad SMARTS) is 1. The van der Waals surface area contributed by atoms with E-state index in [0.29, 0.717) is 5.82 Å². The minimum Gasteiger partial charge on any atom is -0.478 e. The van der Waals surface area contributed by atoms with Gasteiger partial charge in [0.05, 0.1) is 18.8 Å². The minimum atomic E-state index is -1.11. The zero-order valence-electron chi connectivity index (χ0n) is 9.01. The van der Waals surface area contributed by atoms with Crippen LogP contribution in [0.15, 0.2) is 12.1 Å². The molecule has 94 valence electrons. The summed E-state index contributed by atoms with van der Waals surface area (Å²) in [5, 5.41) is 26.7. The van der Waals surface area contributed by atoms with Gasteiger partial charge >= 0.3 is 5.97 Å². The summed E-state index contributed by atoms with van der Waals surface area (Å²) in [6.07, 6.45) is 0. The number of pyridine rings is 1. The van der Waals surface area contributed by atoms with Crippen molar-refractivity contribution in [2.24, 2.45) is 0 Å². The highest BCUT2D eigenvalue weighted by atomic mass is 35.5. The summed E-state index contributed by atoms with van der Waals surface area (Å²) in [6.45, 7) is 0.229. The van der Waals surface area contributed by atoms with E-state index in [2.05, 4.69) is 4.98 Å². The van der Waals surface area contributed by atoms with Crippen molar-refractivity contribution in [2.45, 2.75) is 0 Å². The van der Waals surface area contributed by atoms with Crippen molar-refractivity contribution in [3.63, 3.8) is 0 Å². The van der Waals surface area contributed by atoms with Gasteiger partial charge in [-0.15, -0.1) is 0 Å². The fraction of sp³-hybridized carbons (Fsp3) is 0.400. The standard InChI is InChI=1S/C10H13ClN2O4/c11-8-5-7(10(16)17)6-9(12-8)13(1-3-14)2-4-15/h5-6,14-15H,1-4H2,(H,16,17). The first kappa shape index (κ1) is 13.7. The van der Waals surface area contributed by atoms with Gasteiger partial charge in [-0.2, -0.15) is 0 Å². The number of hydrogen-bond acceptors (Lipinski definition) is 5. The number of anilines is 1. The van der Waals surface area contributed by atoms with Gasteiger partial charge in [0, 0.05) is 13.1 Å². The number of carboxylic acids is 1. The first-order chi connectivity index (χ1) is 8.08. The lowest BCUT2D eigenvalue weighted by atomic mass is 10.2. The van der Waals surface area contributed by atoms with Crippen LogP contribution in [0.4, 0.5) is 5.82 Å². The molecule has 3 N–H and O–H groups in total. The molecular weight excluding hydrogens is 248 g/mol. The Labute approximate surface area is 103 Å². The highest BCUT2D eigenvalue weighted by Crippen LogP contribution is 2.18. The highest BCUT2D eigenvalue weighted by Gasteiger charge is 2.12. The fourth-order valence-corrected chi connectivity index (χ4v) is 1.55. The third kappa shape index (κ3) is 3.85. The van der Waals surface area contributed by atoms with Gasteiger partial charge in [0.25, 0.3) is 0 Å². The van der Waals surface area contributed by atoms with E-state index in [1.54, 1.807) is 4.90 Å². The number of aliphatic hydroxyl groups is 2. The number of aliphatic hydroxyl groups excluding tert-OH is 2. The molecule has 0 spiro atoms. The Morgan fingerprint density at radius 1 is 1.29 bits per heavy atom. The zero-order chi connectivity index (χ0) is 12.8. The molecule has 17 heavy (non-hydrogen) atoms. The normalized spacial score (nSPS) is 10.3. The van der Waals surface area contributed by atoms with Crippen molar-refractivity contribution in [3.8, 4) is 0 Å². The third-order valence-electron chi connectivity index (χ3n) is 2.09. The summed E-state index contributed by atoms with van der Waals surface area (Å²) >= 11 is 5.71. The van der Waals surface area contributed by atoms with Crippen LogP contribution in [0.3, 0.4) is 0 Å². The summed E-state index contributed by atoms with van der Waals surface area (Å²) < 4.78 is 0. The Morgan fingerprint density at radius 2 is 1.88 bits per heavy atom. The largest absolute Gasteiger partial charge is 0.478 e. The fourth-order valence-electron chi connectivity index (χ4n) is 1.35. The molecule has 6 nitrogen and oxygen atoms in total. The van der Waals surface area contributed by atoms with E-state index in [4.69, 9.17) is 26.9 Å². The van der Waals surface area contributed by atoms with Crippen LogP contribution >= 0.6 is 11.6 Å². The van der Waals surface area contributed by atoms with Crippen LogP contribution in [0.1, 0.15) is 10.4 Å². The SMILES string of the molecule is O=C(O)c1cc(Cl)nc(N(CCO)CCO)c1. The van der Waals surface area contributed by atoms with E-state index >= 15 is 0 Å². The highest BCUT2D eigenvalue weighted by molar-refractivity contribution is 6.29. The zero-order valence-corrected chi connectivity index (χ0v) is 9.76. The van der Waals surface area contributed by atoms with Gasteiger partial charge in [-0.1, -0.05) is 11.6 Å². The van der Waals surface area contributed by atoms with Gasteiger partial charge in [0.2, 0.25) is 0 Å². The minimum absolute atomic E-state index is 0.0147. The van der Waals surface area contributed by atoms with Crippen LogP contribution in [0.2, 0.25) is 5.15 Å². The lowest BCUT2D eigenvalue weighted by Crippen LogP contribution is -2.30. The van der Waals surface area contributed by atoms with Crippen molar-refractivity contribution in [3.05, 3.63) is 22.8 Å². The van der Waals surface area contributed by atoms with Crippen LogP contribution in [0.25, 0.3) is 0 Å². The van der Waals surface area contributed by atoms with Crippen LogP contribution < -0.4 is 4.90 Å². The topological polar surface area (TPSA) is 93.9 Å². The van der Waals surface area contributed by atoms with Crippen molar-refractivity contribution in [1.82, 2.24) is 4.98 Å². The van der Waals surface area contributed by atoms with Crippen LogP contribution in [-0.2, 0) is 0 Å². The smallest absolute Gasteiger partial charge is 0.335 e. The second-order valence-electron chi connectivity index (χ2n) is 3.28. The van der Waals surface area contributed by atoms with Gasteiger partial charge in [0.15, 0.2) is 0 Å². The molecule has 0 saturated heterocycles. The molecule has 1 rings (SSSR count). The van der Waals surface area contributed by atoms with Crippen molar-refractivity contribution >= 4 is 23.4 Å². The quantitative estimate of drug-likeness (QED) is 0.634. The number of halogens is 1. The third-order valence-corrected chi connectivity index (χ3v) is 2.28. The number of aromatic nitrogens is 1. The summed E-state index contributed by atoms with van der Waals surface area (Å²) in [6, 6.07) is 2.59. The number of hydrogen-bond donors (Lipinski definition) is 3. The number of aromatic carboxylic acids is 1. The second kappa shape index (κ2) is 6.39. The molecule has 0 amide bonds. The predicted molar refractivity (Wildman–Crippen MR) is 62.6 cm³/mol. The monoisotopic (exact) mass is 260 g/mol. The molecule has 1 aromatic heterocycles. The molecule has 0 saturated carbocycles. The predicted octanol–water partition coefficient (Wildman–Crippen LogP) is 0.224. The van der Waals surface area contributed by atoms with Gasteiger partial charge in [-0.3, -0.25) is 0 Å². The van der Waals surface area contributed by atoms with E-state index in [1.165, 1.54) is 12.1 Å². The van der Waals surface area contributed by atoms with E-state index in [9.17, 15) is 4.79 Å². The van der Waals surface area contributed by atoms with Crippen LogP contribution in [0.5, 0.6) is 0 Å². The lowest BCUT2D eigenvalue weighted by molar-refractivity contribution is 0.0697. The summed E-state index contributed by atoms with van der Waals surface area (Å²) in [5.41, 5.74) is 0.0147. The molecule has 0 aromatic carbocycles. The number of carbonyl (C=O) groups is 1. The van der Waals surface area contributed by atoms with Gasteiger partial charge < -0.3 is 20.2 Å². The summed E-state index contributed by atoms with van der Waals surface area (Å²) in [7, 11) is 0. The molecule has 7 heteroatoms. The molecule has 0 aliphatic heterocycles. The first-order valence-corrected chi connectivity index (χ1v) is 5.34. The molecule has 0 unspecified atom stereocenters. The molecule has 0 aliphatic rings. The Bertz CT molecular complexity index is 394. The molecule has 0 aliphatic carbocycles. The van der Waals surface area contributed by atoms with Gasteiger partial charge in [-0.05, 0) is 12.1 Å². The maximum Gasteiger partial charge on any atom is 0.335 e. The molecule has 0 bridgehead atoms. The van der Waals surface area contributed by atoms with Crippen molar-refractivity contribution in [1.29, 1.82) is 0 Å². The molecule has 1 heterocycles.